The molecule has 0 saturated heterocycles. The number of β-amino-alcohol motifs (C(OH)–C–C–N with tert-alkyl or cyclic N) is 1. The van der Waals surface area contributed by atoms with Gasteiger partial charge in [0.1, 0.15) is 5.60 Å². The van der Waals surface area contributed by atoms with Gasteiger partial charge in [-0.2, -0.15) is 0 Å². The normalized spacial score (nSPS) is 19.3. The van der Waals surface area contributed by atoms with Gasteiger partial charge >= 0.3 is 0 Å². The summed E-state index contributed by atoms with van der Waals surface area (Å²) in [6.45, 7) is 6.66. The summed E-state index contributed by atoms with van der Waals surface area (Å²) >= 11 is 0. The Morgan fingerprint density at radius 1 is 1.43 bits per heavy atom. The minimum absolute atomic E-state index is 0.284. The second kappa shape index (κ2) is 7.09. The summed E-state index contributed by atoms with van der Waals surface area (Å²) in [5.41, 5.74) is 2.21. The molecule has 0 radical (unpaired) electrons. The number of rotatable bonds is 6. The lowest BCUT2D eigenvalue weighted by Crippen LogP contribution is -2.40. The van der Waals surface area contributed by atoms with Gasteiger partial charge in [0.2, 0.25) is 0 Å². The number of terminal acetylenes is 1. The number of nitrogens with zero attached hydrogens (tertiary/aromatic N) is 1. The van der Waals surface area contributed by atoms with Gasteiger partial charge in [0, 0.05) is 19.6 Å². The van der Waals surface area contributed by atoms with Crippen LogP contribution in [0.15, 0.2) is 24.3 Å². The molecule has 3 heteroatoms. The standard InChI is InChI=1S/C18H25NO2/c1-4-18(3,5-2)21-14-17(20)13-19-11-10-15-8-6-7-9-16(15)12-19/h1,6-9,17,20H,5,10-14H2,2-3H3/t17-,18+/m0/s1. The van der Waals surface area contributed by atoms with Crippen LogP contribution in [0.1, 0.15) is 31.4 Å². The number of ether oxygens (including phenoxy) is 1. The Kier molecular flexibility index (Phi) is 5.41. The zero-order valence-corrected chi connectivity index (χ0v) is 13.0. The van der Waals surface area contributed by atoms with Crippen molar-refractivity contribution in [3.63, 3.8) is 0 Å². The van der Waals surface area contributed by atoms with Crippen LogP contribution in [0, 0.1) is 12.3 Å². The summed E-state index contributed by atoms with van der Waals surface area (Å²) < 4.78 is 5.69. The van der Waals surface area contributed by atoms with E-state index in [0.29, 0.717) is 6.54 Å². The monoisotopic (exact) mass is 287 g/mol. The highest BCUT2D eigenvalue weighted by atomic mass is 16.5. The zero-order chi connectivity index (χ0) is 15.3. The molecule has 21 heavy (non-hydrogen) atoms. The van der Waals surface area contributed by atoms with E-state index in [-0.39, 0.29) is 6.61 Å². The quantitative estimate of drug-likeness (QED) is 0.814. The molecule has 1 aliphatic rings. The van der Waals surface area contributed by atoms with Gasteiger partial charge in [0.15, 0.2) is 0 Å². The van der Waals surface area contributed by atoms with E-state index in [0.717, 1.165) is 25.9 Å². The van der Waals surface area contributed by atoms with Crippen molar-refractivity contribution in [1.82, 2.24) is 4.90 Å². The van der Waals surface area contributed by atoms with Gasteiger partial charge < -0.3 is 9.84 Å². The van der Waals surface area contributed by atoms with Gasteiger partial charge in [-0.15, -0.1) is 6.42 Å². The Hall–Kier alpha value is -1.34. The van der Waals surface area contributed by atoms with E-state index < -0.39 is 11.7 Å². The van der Waals surface area contributed by atoms with Gasteiger partial charge in [0.05, 0.1) is 12.7 Å². The molecule has 0 saturated carbocycles. The van der Waals surface area contributed by atoms with Crippen LogP contribution in [0.3, 0.4) is 0 Å². The molecular weight excluding hydrogens is 262 g/mol. The SMILES string of the molecule is C#C[C@](C)(CC)OC[C@@H](O)CN1CCc2ccccc2C1. The molecule has 3 nitrogen and oxygen atoms in total. The van der Waals surface area contributed by atoms with Gasteiger partial charge in [-0.1, -0.05) is 37.1 Å². The van der Waals surface area contributed by atoms with Gasteiger partial charge in [-0.25, -0.2) is 0 Å². The Morgan fingerprint density at radius 3 is 2.81 bits per heavy atom. The van der Waals surface area contributed by atoms with E-state index in [1.807, 2.05) is 13.8 Å². The van der Waals surface area contributed by atoms with Crippen LogP contribution in [0.2, 0.25) is 0 Å². The van der Waals surface area contributed by atoms with Crippen LogP contribution in [0.5, 0.6) is 0 Å². The molecule has 0 fully saturated rings. The average Bonchev–Trinajstić information content (AvgIpc) is 2.52. The molecule has 0 aliphatic carbocycles. The largest absolute Gasteiger partial charge is 0.389 e. The summed E-state index contributed by atoms with van der Waals surface area (Å²) in [6, 6.07) is 8.51. The van der Waals surface area contributed by atoms with E-state index in [1.165, 1.54) is 11.1 Å². The van der Waals surface area contributed by atoms with Crippen molar-refractivity contribution in [2.24, 2.45) is 0 Å². The highest BCUT2D eigenvalue weighted by Crippen LogP contribution is 2.19. The third-order valence-corrected chi connectivity index (χ3v) is 4.25. The molecule has 1 aliphatic heterocycles. The molecule has 2 atom stereocenters. The fourth-order valence-corrected chi connectivity index (χ4v) is 2.59. The summed E-state index contributed by atoms with van der Waals surface area (Å²) in [7, 11) is 0. The predicted molar refractivity (Wildman–Crippen MR) is 84.9 cm³/mol. The minimum atomic E-state index is -0.574. The van der Waals surface area contributed by atoms with Gasteiger partial charge in [-0.05, 0) is 30.9 Å². The maximum absolute atomic E-state index is 10.2. The minimum Gasteiger partial charge on any atom is -0.389 e. The van der Waals surface area contributed by atoms with Crippen molar-refractivity contribution >= 4 is 0 Å². The van der Waals surface area contributed by atoms with Crippen LogP contribution >= 0.6 is 0 Å². The molecule has 2 rings (SSSR count). The number of aliphatic hydroxyl groups excluding tert-OH is 1. The average molecular weight is 287 g/mol. The smallest absolute Gasteiger partial charge is 0.125 e. The molecule has 114 valence electrons. The second-order valence-corrected chi connectivity index (χ2v) is 5.95. The summed E-state index contributed by atoms with van der Waals surface area (Å²) in [5.74, 6) is 2.65. The third-order valence-electron chi connectivity index (χ3n) is 4.25. The van der Waals surface area contributed by atoms with Crippen molar-refractivity contribution in [2.75, 3.05) is 19.7 Å². The van der Waals surface area contributed by atoms with E-state index in [4.69, 9.17) is 11.2 Å². The fourth-order valence-electron chi connectivity index (χ4n) is 2.59. The molecule has 0 bridgehead atoms. The van der Waals surface area contributed by atoms with Crippen LogP contribution in [-0.4, -0.2) is 41.4 Å². The molecular formula is C18H25NO2. The third kappa shape index (κ3) is 4.31. The van der Waals surface area contributed by atoms with E-state index in [9.17, 15) is 5.11 Å². The Bertz CT molecular complexity index is 508. The Balaban J connectivity index is 1.82. The fraction of sp³-hybridized carbons (Fsp3) is 0.556. The topological polar surface area (TPSA) is 32.7 Å². The Labute approximate surface area is 127 Å². The van der Waals surface area contributed by atoms with Crippen LogP contribution in [0.25, 0.3) is 0 Å². The zero-order valence-electron chi connectivity index (χ0n) is 13.0. The summed E-state index contributed by atoms with van der Waals surface area (Å²) in [6.07, 6.45) is 6.75. The van der Waals surface area contributed by atoms with Crippen LogP contribution in [0.4, 0.5) is 0 Å². The van der Waals surface area contributed by atoms with E-state index >= 15 is 0 Å². The molecule has 1 heterocycles. The van der Waals surface area contributed by atoms with Crippen molar-refractivity contribution in [3.8, 4) is 12.3 Å². The number of benzene rings is 1. The van der Waals surface area contributed by atoms with Crippen molar-refractivity contribution in [2.45, 2.75) is 44.9 Å². The summed E-state index contributed by atoms with van der Waals surface area (Å²) in [4.78, 5) is 2.27. The first-order valence-corrected chi connectivity index (χ1v) is 7.65. The number of hydrogen-bond acceptors (Lipinski definition) is 3. The molecule has 0 amide bonds. The number of aliphatic hydroxyl groups is 1. The van der Waals surface area contributed by atoms with Crippen molar-refractivity contribution in [3.05, 3.63) is 35.4 Å². The molecule has 1 N–H and O–H groups in total. The molecule has 0 spiro atoms. The first-order valence-electron chi connectivity index (χ1n) is 7.65. The van der Waals surface area contributed by atoms with E-state index in [2.05, 4.69) is 35.1 Å². The summed E-state index contributed by atoms with van der Waals surface area (Å²) in [5, 5.41) is 10.2. The maximum atomic E-state index is 10.2. The molecule has 1 aromatic rings. The highest BCUT2D eigenvalue weighted by molar-refractivity contribution is 5.29. The maximum Gasteiger partial charge on any atom is 0.125 e. The lowest BCUT2D eigenvalue weighted by molar-refractivity contribution is -0.0480. The van der Waals surface area contributed by atoms with Gasteiger partial charge in [0.25, 0.3) is 0 Å². The second-order valence-electron chi connectivity index (χ2n) is 5.95. The number of fused-ring (bicyclic) bond motifs is 1. The van der Waals surface area contributed by atoms with Crippen molar-refractivity contribution in [1.29, 1.82) is 0 Å². The first-order chi connectivity index (χ1) is 10.1. The number of hydrogen-bond donors (Lipinski definition) is 1. The Morgan fingerprint density at radius 2 is 2.14 bits per heavy atom. The van der Waals surface area contributed by atoms with Crippen LogP contribution in [-0.2, 0) is 17.7 Å². The van der Waals surface area contributed by atoms with Gasteiger partial charge in [-0.3, -0.25) is 4.90 Å². The molecule has 0 unspecified atom stereocenters. The first kappa shape index (κ1) is 16.0. The highest BCUT2D eigenvalue weighted by Gasteiger charge is 2.23. The lowest BCUT2D eigenvalue weighted by atomic mass is 10.00. The lowest BCUT2D eigenvalue weighted by Gasteiger charge is -2.31. The predicted octanol–water partition coefficient (Wildman–Crippen LogP) is 2.22. The van der Waals surface area contributed by atoms with Crippen molar-refractivity contribution < 1.29 is 9.84 Å². The van der Waals surface area contributed by atoms with Crippen LogP contribution < -0.4 is 0 Å². The molecule has 0 aromatic heterocycles. The van der Waals surface area contributed by atoms with E-state index in [1.54, 1.807) is 0 Å². The molecule has 1 aromatic carbocycles.